The summed E-state index contributed by atoms with van der Waals surface area (Å²) in [4.78, 5) is 10.9. The molecule has 0 saturated carbocycles. The maximum Gasteiger partial charge on any atom is 0.457 e. The van der Waals surface area contributed by atoms with Crippen molar-refractivity contribution in [3.8, 4) is 0 Å². The highest BCUT2D eigenvalue weighted by molar-refractivity contribution is 6.44. The number of rotatable bonds is 7. The minimum atomic E-state index is -0.838. The Hall–Kier alpha value is -1.37. The van der Waals surface area contributed by atoms with Gasteiger partial charge in [0.15, 0.2) is 0 Å². The monoisotopic (exact) mass is 291 g/mol. The molecule has 1 fully saturated rings. The van der Waals surface area contributed by atoms with E-state index in [2.05, 4.69) is 12.1 Å². The Morgan fingerprint density at radius 2 is 2.00 bits per heavy atom. The molecule has 5 nitrogen and oxygen atoms in total. The molecule has 1 aromatic carbocycles. The number of carbonyl (C=O) groups is 1. The highest BCUT2D eigenvalue weighted by Gasteiger charge is 2.34. The molecule has 0 spiro atoms. The van der Waals surface area contributed by atoms with E-state index in [1.807, 2.05) is 18.2 Å². The average Bonchev–Trinajstić information content (AvgIpc) is 2.46. The predicted molar refractivity (Wildman–Crippen MR) is 81.0 cm³/mol. The van der Waals surface area contributed by atoms with E-state index < -0.39 is 5.97 Å². The second-order valence-corrected chi connectivity index (χ2v) is 5.38. The Morgan fingerprint density at radius 1 is 1.29 bits per heavy atom. The van der Waals surface area contributed by atoms with Crippen LogP contribution >= 0.6 is 0 Å². The third-order valence-corrected chi connectivity index (χ3v) is 3.62. The van der Waals surface area contributed by atoms with Gasteiger partial charge in [-0.05, 0) is 37.7 Å². The molecule has 0 amide bonds. The number of nitrogens with two attached hydrogens (primary N) is 1. The zero-order valence-electron chi connectivity index (χ0n) is 12.1. The maximum atomic E-state index is 10.9. The van der Waals surface area contributed by atoms with Gasteiger partial charge in [0.25, 0.3) is 0 Å². The zero-order valence-corrected chi connectivity index (χ0v) is 12.1. The molecule has 2 rings (SSSR count). The summed E-state index contributed by atoms with van der Waals surface area (Å²) < 4.78 is 11.6. The molecule has 2 unspecified atom stereocenters. The van der Waals surface area contributed by atoms with Crippen molar-refractivity contribution in [1.82, 2.24) is 0 Å². The summed E-state index contributed by atoms with van der Waals surface area (Å²) in [5.41, 5.74) is 6.80. The van der Waals surface area contributed by atoms with Crippen molar-refractivity contribution in [3.63, 3.8) is 0 Å². The van der Waals surface area contributed by atoms with E-state index in [-0.39, 0.29) is 25.7 Å². The van der Waals surface area contributed by atoms with Crippen molar-refractivity contribution in [1.29, 1.82) is 0 Å². The topological polar surface area (TPSA) is 81.8 Å². The van der Waals surface area contributed by atoms with Crippen LogP contribution in [-0.2, 0) is 20.5 Å². The van der Waals surface area contributed by atoms with Crippen molar-refractivity contribution < 1.29 is 19.2 Å². The molecule has 114 valence electrons. The summed E-state index contributed by atoms with van der Waals surface area (Å²) in [6.07, 6.45) is 2.64. The van der Waals surface area contributed by atoms with Crippen LogP contribution in [0.4, 0.5) is 0 Å². The lowest BCUT2D eigenvalue weighted by Gasteiger charge is -2.33. The standard InChI is InChI=1S/C15H22BNO4/c17-9-7-13-10-14(11-15(18)19)21-16(20-13)8-6-12-4-2-1-3-5-12/h1-5,13-14H,6-11,17H2,(H,18,19). The largest absolute Gasteiger partial charge is 0.481 e. The average molecular weight is 291 g/mol. The molecule has 1 saturated heterocycles. The fourth-order valence-corrected chi connectivity index (χ4v) is 2.63. The van der Waals surface area contributed by atoms with E-state index in [0.29, 0.717) is 13.0 Å². The van der Waals surface area contributed by atoms with Crippen LogP contribution in [0.5, 0.6) is 0 Å². The highest BCUT2D eigenvalue weighted by Crippen LogP contribution is 2.23. The molecule has 1 aliphatic heterocycles. The Morgan fingerprint density at radius 3 is 2.67 bits per heavy atom. The van der Waals surface area contributed by atoms with Crippen LogP contribution in [0.1, 0.15) is 24.8 Å². The molecule has 21 heavy (non-hydrogen) atoms. The number of hydrogen-bond acceptors (Lipinski definition) is 4. The zero-order chi connectivity index (χ0) is 15.1. The summed E-state index contributed by atoms with van der Waals surface area (Å²) in [6, 6.07) is 10.1. The van der Waals surface area contributed by atoms with Gasteiger partial charge in [-0.15, -0.1) is 0 Å². The summed E-state index contributed by atoms with van der Waals surface area (Å²) in [5, 5.41) is 8.93. The summed E-state index contributed by atoms with van der Waals surface area (Å²) in [7, 11) is -0.347. The van der Waals surface area contributed by atoms with Crippen LogP contribution in [0.3, 0.4) is 0 Å². The molecule has 0 bridgehead atoms. The van der Waals surface area contributed by atoms with Gasteiger partial charge >= 0.3 is 13.1 Å². The lowest BCUT2D eigenvalue weighted by atomic mass is 9.78. The summed E-state index contributed by atoms with van der Waals surface area (Å²) in [6.45, 7) is 0.538. The smallest absolute Gasteiger partial charge is 0.457 e. The molecule has 6 heteroatoms. The first-order valence-electron chi connectivity index (χ1n) is 7.44. The Kier molecular flexibility index (Phi) is 6.23. The van der Waals surface area contributed by atoms with Crippen LogP contribution in [0.15, 0.2) is 30.3 Å². The first kappa shape index (κ1) is 16.0. The lowest BCUT2D eigenvalue weighted by Crippen LogP contribution is -2.43. The van der Waals surface area contributed by atoms with E-state index in [1.165, 1.54) is 5.56 Å². The van der Waals surface area contributed by atoms with Gasteiger partial charge in [-0.25, -0.2) is 0 Å². The molecule has 0 radical (unpaired) electrons. The molecule has 0 aliphatic carbocycles. The van der Waals surface area contributed by atoms with Crippen LogP contribution in [-0.4, -0.2) is 36.9 Å². The Labute approximate surface area is 125 Å². The lowest BCUT2D eigenvalue weighted by molar-refractivity contribution is -0.140. The predicted octanol–water partition coefficient (Wildman–Crippen LogP) is 1.71. The van der Waals surface area contributed by atoms with Crippen molar-refractivity contribution in [2.24, 2.45) is 5.73 Å². The van der Waals surface area contributed by atoms with Gasteiger partial charge in [0.05, 0.1) is 12.5 Å². The Balaban J connectivity index is 1.88. The van der Waals surface area contributed by atoms with Gasteiger partial charge in [-0.3, -0.25) is 4.79 Å². The van der Waals surface area contributed by atoms with E-state index in [0.717, 1.165) is 19.2 Å². The number of aryl methyl sites for hydroxylation is 1. The fourth-order valence-electron chi connectivity index (χ4n) is 2.63. The molecule has 1 aliphatic rings. The van der Waals surface area contributed by atoms with Gasteiger partial charge in [0.2, 0.25) is 0 Å². The van der Waals surface area contributed by atoms with Gasteiger partial charge < -0.3 is 20.1 Å². The molecule has 0 aromatic heterocycles. The van der Waals surface area contributed by atoms with Crippen LogP contribution in [0.25, 0.3) is 0 Å². The number of aliphatic carboxylic acids is 1. The van der Waals surface area contributed by atoms with Crippen molar-refractivity contribution >= 4 is 13.1 Å². The van der Waals surface area contributed by atoms with E-state index >= 15 is 0 Å². The molecular weight excluding hydrogens is 269 g/mol. The van der Waals surface area contributed by atoms with E-state index in [1.54, 1.807) is 0 Å². The number of hydrogen-bond donors (Lipinski definition) is 2. The Bertz CT molecular complexity index is 443. The van der Waals surface area contributed by atoms with Crippen molar-refractivity contribution in [2.75, 3.05) is 6.54 Å². The SMILES string of the molecule is NCCC1CC(CC(=O)O)OB(CCc2ccccc2)O1. The second-order valence-electron chi connectivity index (χ2n) is 5.38. The summed E-state index contributed by atoms with van der Waals surface area (Å²) in [5.74, 6) is -0.838. The minimum absolute atomic E-state index is 0.00567. The van der Waals surface area contributed by atoms with Gasteiger partial charge in [0.1, 0.15) is 0 Å². The van der Waals surface area contributed by atoms with Crippen LogP contribution in [0, 0.1) is 0 Å². The number of carboxylic acid groups (broad SMARTS) is 1. The first-order chi connectivity index (χ1) is 10.2. The highest BCUT2D eigenvalue weighted by atomic mass is 16.6. The third kappa shape index (κ3) is 5.49. The first-order valence-corrected chi connectivity index (χ1v) is 7.44. The number of benzene rings is 1. The van der Waals surface area contributed by atoms with Crippen molar-refractivity contribution in [2.45, 2.75) is 44.2 Å². The molecule has 1 heterocycles. The quantitative estimate of drug-likeness (QED) is 0.747. The minimum Gasteiger partial charge on any atom is -0.481 e. The third-order valence-electron chi connectivity index (χ3n) is 3.62. The van der Waals surface area contributed by atoms with E-state index in [4.69, 9.17) is 20.1 Å². The van der Waals surface area contributed by atoms with Crippen molar-refractivity contribution in [3.05, 3.63) is 35.9 Å². The second kappa shape index (κ2) is 8.17. The van der Waals surface area contributed by atoms with Crippen LogP contribution in [0.2, 0.25) is 6.32 Å². The molecule has 1 aromatic rings. The van der Waals surface area contributed by atoms with E-state index in [9.17, 15) is 4.79 Å². The normalized spacial score (nSPS) is 22.2. The maximum absolute atomic E-state index is 10.9. The van der Waals surface area contributed by atoms with Gasteiger partial charge in [0, 0.05) is 6.10 Å². The van der Waals surface area contributed by atoms with Crippen LogP contribution < -0.4 is 5.73 Å². The summed E-state index contributed by atoms with van der Waals surface area (Å²) >= 11 is 0. The molecule has 2 atom stereocenters. The fraction of sp³-hybridized carbons (Fsp3) is 0.533. The number of carboxylic acids is 1. The van der Waals surface area contributed by atoms with Gasteiger partial charge in [-0.1, -0.05) is 30.3 Å². The molecule has 3 N–H and O–H groups in total. The molecular formula is C15H22BNO4. The van der Waals surface area contributed by atoms with Gasteiger partial charge in [-0.2, -0.15) is 0 Å².